The van der Waals surface area contributed by atoms with Gasteiger partial charge in [-0.15, -0.1) is 0 Å². The van der Waals surface area contributed by atoms with Crippen molar-refractivity contribution in [2.24, 2.45) is 0 Å². The zero-order chi connectivity index (χ0) is 14.1. The average Bonchev–Trinajstić information content (AvgIpc) is 2.40. The van der Waals surface area contributed by atoms with Crippen LogP contribution in [0.3, 0.4) is 0 Å². The van der Waals surface area contributed by atoms with Gasteiger partial charge in [0.25, 0.3) is 0 Å². The van der Waals surface area contributed by atoms with E-state index in [9.17, 15) is 9.59 Å². The highest BCUT2D eigenvalue weighted by Gasteiger charge is 2.09. The highest BCUT2D eigenvalue weighted by molar-refractivity contribution is 9.10. The molecule has 19 heavy (non-hydrogen) atoms. The molecule has 1 aromatic carbocycles. The van der Waals surface area contributed by atoms with Crippen LogP contribution in [0.1, 0.15) is 31.7 Å². The van der Waals surface area contributed by atoms with Crippen molar-refractivity contribution in [1.82, 2.24) is 0 Å². The first-order chi connectivity index (χ1) is 9.11. The number of carbonyl (C=O) groups excluding carboxylic acids is 2. The van der Waals surface area contributed by atoms with E-state index in [1.165, 1.54) is 0 Å². The number of halogens is 1. The molecule has 104 valence electrons. The van der Waals surface area contributed by atoms with Gasteiger partial charge in [0.05, 0.1) is 19.4 Å². The zero-order valence-corrected chi connectivity index (χ0v) is 12.4. The molecule has 0 radical (unpaired) electrons. The molecule has 0 unspecified atom stereocenters. The summed E-state index contributed by atoms with van der Waals surface area (Å²) in [7, 11) is 0. The number of carbonyl (C=O) groups is 2. The van der Waals surface area contributed by atoms with E-state index < -0.39 is 5.97 Å². The van der Waals surface area contributed by atoms with E-state index >= 15 is 0 Å². The standard InChI is InChI=1S/C14H17BrO4/c1-2-8-18-13(16)6-7-14(17)19-10-11-4-3-5-12(15)9-11/h3-5,9H,2,6-8,10H2,1H3. The fourth-order valence-corrected chi connectivity index (χ4v) is 1.80. The average molecular weight is 329 g/mol. The largest absolute Gasteiger partial charge is 0.466 e. The van der Waals surface area contributed by atoms with Crippen molar-refractivity contribution in [1.29, 1.82) is 0 Å². The highest BCUT2D eigenvalue weighted by Crippen LogP contribution is 2.12. The molecular weight excluding hydrogens is 312 g/mol. The van der Waals surface area contributed by atoms with E-state index in [1.807, 2.05) is 31.2 Å². The second kappa shape index (κ2) is 8.69. The summed E-state index contributed by atoms with van der Waals surface area (Å²) < 4.78 is 10.9. The van der Waals surface area contributed by atoms with Crippen LogP contribution >= 0.6 is 15.9 Å². The lowest BCUT2D eigenvalue weighted by atomic mass is 10.2. The van der Waals surface area contributed by atoms with Crippen LogP contribution in [0.5, 0.6) is 0 Å². The van der Waals surface area contributed by atoms with Gasteiger partial charge in [0, 0.05) is 4.47 Å². The molecule has 0 saturated heterocycles. The summed E-state index contributed by atoms with van der Waals surface area (Å²) in [5.41, 5.74) is 0.899. The molecule has 1 aromatic rings. The summed E-state index contributed by atoms with van der Waals surface area (Å²) in [6.07, 6.45) is 0.896. The molecular formula is C14H17BrO4. The fourth-order valence-electron chi connectivity index (χ4n) is 1.35. The van der Waals surface area contributed by atoms with Crippen molar-refractivity contribution in [3.8, 4) is 0 Å². The maximum atomic E-state index is 11.4. The Bertz CT molecular complexity index is 431. The first-order valence-electron chi connectivity index (χ1n) is 6.17. The number of ether oxygens (including phenoxy) is 2. The van der Waals surface area contributed by atoms with Crippen LogP contribution in [0.4, 0.5) is 0 Å². The molecule has 4 nitrogen and oxygen atoms in total. The lowest BCUT2D eigenvalue weighted by molar-refractivity contribution is -0.151. The molecule has 0 saturated carbocycles. The van der Waals surface area contributed by atoms with Gasteiger partial charge in [-0.3, -0.25) is 9.59 Å². The minimum Gasteiger partial charge on any atom is -0.466 e. The third-order valence-corrected chi connectivity index (χ3v) is 2.78. The van der Waals surface area contributed by atoms with Gasteiger partial charge in [0.2, 0.25) is 0 Å². The summed E-state index contributed by atoms with van der Waals surface area (Å²) in [6, 6.07) is 7.51. The van der Waals surface area contributed by atoms with Crippen LogP contribution in [-0.2, 0) is 25.7 Å². The molecule has 0 aromatic heterocycles. The monoisotopic (exact) mass is 328 g/mol. The van der Waals surface area contributed by atoms with E-state index in [1.54, 1.807) is 0 Å². The normalized spacial score (nSPS) is 10.0. The summed E-state index contributed by atoms with van der Waals surface area (Å²) in [4.78, 5) is 22.6. The van der Waals surface area contributed by atoms with Gasteiger partial charge in [0.15, 0.2) is 0 Å². The Hall–Kier alpha value is -1.36. The minimum atomic E-state index is -0.395. The van der Waals surface area contributed by atoms with Gasteiger partial charge in [0.1, 0.15) is 6.61 Å². The Morgan fingerprint density at radius 2 is 1.84 bits per heavy atom. The van der Waals surface area contributed by atoms with Gasteiger partial charge in [-0.25, -0.2) is 0 Å². The minimum absolute atomic E-state index is 0.0521. The van der Waals surface area contributed by atoms with Crippen LogP contribution in [-0.4, -0.2) is 18.5 Å². The van der Waals surface area contributed by atoms with Gasteiger partial charge in [-0.2, -0.15) is 0 Å². The van der Waals surface area contributed by atoms with Gasteiger partial charge in [-0.05, 0) is 24.1 Å². The van der Waals surface area contributed by atoms with Crippen LogP contribution in [0.2, 0.25) is 0 Å². The summed E-state index contributed by atoms with van der Waals surface area (Å²) in [5, 5.41) is 0. The van der Waals surface area contributed by atoms with Gasteiger partial charge < -0.3 is 9.47 Å². The van der Waals surface area contributed by atoms with Crippen molar-refractivity contribution in [3.05, 3.63) is 34.3 Å². The van der Waals surface area contributed by atoms with Crippen molar-refractivity contribution in [2.45, 2.75) is 32.8 Å². The lowest BCUT2D eigenvalue weighted by Gasteiger charge is -2.05. The van der Waals surface area contributed by atoms with E-state index in [4.69, 9.17) is 9.47 Å². The van der Waals surface area contributed by atoms with Crippen molar-refractivity contribution < 1.29 is 19.1 Å². The molecule has 0 atom stereocenters. The summed E-state index contributed by atoms with van der Waals surface area (Å²) in [6.45, 7) is 2.52. The second-order valence-electron chi connectivity index (χ2n) is 4.01. The lowest BCUT2D eigenvalue weighted by Crippen LogP contribution is -2.10. The Labute approximate surface area is 121 Å². The van der Waals surface area contributed by atoms with E-state index in [2.05, 4.69) is 15.9 Å². The smallest absolute Gasteiger partial charge is 0.306 e. The molecule has 1 rings (SSSR count). The molecule has 0 spiro atoms. The zero-order valence-electron chi connectivity index (χ0n) is 10.9. The van der Waals surface area contributed by atoms with Crippen molar-refractivity contribution in [2.75, 3.05) is 6.61 Å². The maximum Gasteiger partial charge on any atom is 0.306 e. The SMILES string of the molecule is CCCOC(=O)CCC(=O)OCc1cccc(Br)c1. The second-order valence-corrected chi connectivity index (χ2v) is 4.93. The highest BCUT2D eigenvalue weighted by atomic mass is 79.9. The molecule has 0 bridgehead atoms. The predicted molar refractivity (Wildman–Crippen MR) is 74.4 cm³/mol. The number of esters is 2. The maximum absolute atomic E-state index is 11.4. The molecule has 0 amide bonds. The number of hydrogen-bond donors (Lipinski definition) is 0. The van der Waals surface area contributed by atoms with Crippen molar-refractivity contribution in [3.63, 3.8) is 0 Å². The van der Waals surface area contributed by atoms with Crippen LogP contribution < -0.4 is 0 Å². The van der Waals surface area contributed by atoms with Crippen LogP contribution in [0.15, 0.2) is 28.7 Å². The molecule has 0 aliphatic heterocycles. The van der Waals surface area contributed by atoms with Crippen LogP contribution in [0.25, 0.3) is 0 Å². The molecule has 0 N–H and O–H groups in total. The number of hydrogen-bond acceptors (Lipinski definition) is 4. The molecule has 5 heteroatoms. The van der Waals surface area contributed by atoms with Crippen molar-refractivity contribution >= 4 is 27.9 Å². The Morgan fingerprint density at radius 3 is 2.47 bits per heavy atom. The van der Waals surface area contributed by atoms with E-state index in [0.29, 0.717) is 6.61 Å². The molecule has 0 aliphatic carbocycles. The van der Waals surface area contributed by atoms with E-state index in [0.717, 1.165) is 16.5 Å². The summed E-state index contributed by atoms with van der Waals surface area (Å²) >= 11 is 3.34. The molecule has 0 fully saturated rings. The predicted octanol–water partition coefficient (Wildman–Crippen LogP) is 3.23. The number of benzene rings is 1. The fraction of sp³-hybridized carbons (Fsp3) is 0.429. The topological polar surface area (TPSA) is 52.6 Å². The first-order valence-corrected chi connectivity index (χ1v) is 6.96. The molecule has 0 heterocycles. The van der Waals surface area contributed by atoms with Gasteiger partial charge >= 0.3 is 11.9 Å². The Balaban J connectivity index is 2.23. The van der Waals surface area contributed by atoms with Crippen LogP contribution in [0, 0.1) is 0 Å². The Morgan fingerprint density at radius 1 is 1.16 bits per heavy atom. The first kappa shape index (κ1) is 15.7. The van der Waals surface area contributed by atoms with E-state index in [-0.39, 0.29) is 25.4 Å². The quantitative estimate of drug-likeness (QED) is 0.721. The summed E-state index contributed by atoms with van der Waals surface area (Å²) in [5.74, 6) is -0.755. The molecule has 0 aliphatic rings. The Kier molecular flexibility index (Phi) is 7.18. The number of rotatable bonds is 7. The van der Waals surface area contributed by atoms with Gasteiger partial charge in [-0.1, -0.05) is 35.0 Å². The third-order valence-electron chi connectivity index (χ3n) is 2.29. The third kappa shape index (κ3) is 6.96.